The first kappa shape index (κ1) is 15.5. The molecular weight excluding hydrogens is 260 g/mol. The lowest BCUT2D eigenvalue weighted by molar-refractivity contribution is 0.132. The van der Waals surface area contributed by atoms with Gasteiger partial charge in [-0.15, -0.1) is 0 Å². The topological polar surface area (TPSA) is 9.23 Å². The van der Waals surface area contributed by atoms with Crippen molar-refractivity contribution >= 4 is 8.32 Å². The van der Waals surface area contributed by atoms with Crippen LogP contribution >= 0.6 is 0 Å². The second kappa shape index (κ2) is 5.86. The van der Waals surface area contributed by atoms with Crippen molar-refractivity contribution in [3.8, 4) is 0 Å². The molecule has 1 aliphatic rings. The number of benzene rings is 1. The lowest BCUT2D eigenvalue weighted by Crippen LogP contribution is -2.46. The molecule has 2 rings (SSSR count). The molecule has 0 aliphatic heterocycles. The molecule has 20 heavy (non-hydrogen) atoms. The summed E-state index contributed by atoms with van der Waals surface area (Å²) in [5.41, 5.74) is 1.39. The predicted octanol–water partition coefficient (Wildman–Crippen LogP) is 5.20. The number of hydrogen-bond donors (Lipinski definition) is 0. The van der Waals surface area contributed by atoms with E-state index >= 15 is 0 Å². The fourth-order valence-corrected chi connectivity index (χ4v) is 3.62. The minimum Gasteiger partial charge on any atom is -0.413 e. The van der Waals surface area contributed by atoms with Gasteiger partial charge in [0.1, 0.15) is 0 Å². The maximum Gasteiger partial charge on any atom is 0.192 e. The average molecular weight is 289 g/mol. The zero-order valence-electron chi connectivity index (χ0n) is 13.5. The van der Waals surface area contributed by atoms with Crippen LogP contribution in [-0.2, 0) is 10.8 Å². The molecule has 0 saturated carbocycles. The molecule has 0 heterocycles. The normalized spacial score (nSPS) is 20.6. The Morgan fingerprint density at radius 2 is 1.80 bits per heavy atom. The monoisotopic (exact) mass is 288 g/mol. The third-order valence-corrected chi connectivity index (χ3v) is 9.31. The first-order valence-corrected chi connectivity index (χ1v) is 10.6. The fourth-order valence-electron chi connectivity index (χ4n) is 2.25. The summed E-state index contributed by atoms with van der Waals surface area (Å²) in [7, 11) is -1.70. The van der Waals surface area contributed by atoms with Gasteiger partial charge in [0.25, 0.3) is 0 Å². The standard InChI is InChI=1S/C18H28OSi/c1-18(2,3)20(4,5)19-17(16-12-9-13-16)14-15-10-7-6-8-11-15/h6-12,16-17H,13-14H2,1-5H3/t16-,17+/m1/s1. The van der Waals surface area contributed by atoms with Crippen molar-refractivity contribution in [3.05, 3.63) is 48.0 Å². The summed E-state index contributed by atoms with van der Waals surface area (Å²) >= 11 is 0. The van der Waals surface area contributed by atoms with E-state index in [1.807, 2.05) is 0 Å². The molecule has 1 aromatic rings. The average Bonchev–Trinajstić information content (AvgIpc) is 2.25. The zero-order chi connectivity index (χ0) is 14.8. The van der Waals surface area contributed by atoms with Crippen molar-refractivity contribution in [2.24, 2.45) is 5.92 Å². The molecule has 0 unspecified atom stereocenters. The number of rotatable bonds is 5. The van der Waals surface area contributed by atoms with E-state index in [2.05, 4.69) is 76.3 Å². The van der Waals surface area contributed by atoms with Crippen LogP contribution in [0.5, 0.6) is 0 Å². The number of hydrogen-bond acceptors (Lipinski definition) is 1. The van der Waals surface area contributed by atoms with Gasteiger partial charge in [-0.2, -0.15) is 0 Å². The van der Waals surface area contributed by atoms with Gasteiger partial charge >= 0.3 is 0 Å². The summed E-state index contributed by atoms with van der Waals surface area (Å²) in [4.78, 5) is 0. The van der Waals surface area contributed by atoms with E-state index in [4.69, 9.17) is 4.43 Å². The first-order valence-electron chi connectivity index (χ1n) is 7.68. The molecule has 0 N–H and O–H groups in total. The van der Waals surface area contributed by atoms with E-state index < -0.39 is 8.32 Å². The summed E-state index contributed by atoms with van der Waals surface area (Å²) in [5, 5.41) is 0.273. The van der Waals surface area contributed by atoms with Gasteiger partial charge in [0, 0.05) is 5.92 Å². The summed E-state index contributed by atoms with van der Waals surface area (Å²) in [6.07, 6.45) is 7.12. The van der Waals surface area contributed by atoms with Crippen LogP contribution in [0.1, 0.15) is 32.8 Å². The fraction of sp³-hybridized carbons (Fsp3) is 0.556. The van der Waals surface area contributed by atoms with Crippen molar-refractivity contribution in [2.75, 3.05) is 0 Å². The minimum atomic E-state index is -1.70. The second-order valence-electron chi connectivity index (χ2n) is 7.43. The maximum absolute atomic E-state index is 6.70. The first-order chi connectivity index (χ1) is 9.29. The lowest BCUT2D eigenvalue weighted by atomic mass is 9.86. The van der Waals surface area contributed by atoms with E-state index in [9.17, 15) is 0 Å². The summed E-state index contributed by atoms with van der Waals surface area (Å²) in [6.45, 7) is 11.7. The van der Waals surface area contributed by atoms with Gasteiger partial charge < -0.3 is 4.43 Å². The van der Waals surface area contributed by atoms with Crippen molar-refractivity contribution in [3.63, 3.8) is 0 Å². The van der Waals surface area contributed by atoms with E-state index in [1.54, 1.807) is 0 Å². The molecule has 0 saturated heterocycles. The molecule has 2 heteroatoms. The molecule has 110 valence electrons. The van der Waals surface area contributed by atoms with Gasteiger partial charge in [-0.1, -0.05) is 63.3 Å². The van der Waals surface area contributed by atoms with Crippen molar-refractivity contribution < 1.29 is 4.43 Å². The van der Waals surface area contributed by atoms with Crippen LogP contribution in [0.15, 0.2) is 42.5 Å². The molecule has 2 atom stereocenters. The highest BCUT2D eigenvalue weighted by atomic mass is 28.4. The highest BCUT2D eigenvalue weighted by molar-refractivity contribution is 6.74. The smallest absolute Gasteiger partial charge is 0.192 e. The summed E-state index contributed by atoms with van der Waals surface area (Å²) in [5.74, 6) is 0.601. The minimum absolute atomic E-state index is 0.273. The maximum atomic E-state index is 6.70. The second-order valence-corrected chi connectivity index (χ2v) is 12.2. The molecule has 1 aliphatic carbocycles. The van der Waals surface area contributed by atoms with Crippen LogP contribution < -0.4 is 0 Å². The molecule has 0 amide bonds. The van der Waals surface area contributed by atoms with Gasteiger partial charge in [0.05, 0.1) is 6.10 Å². The van der Waals surface area contributed by atoms with Crippen LogP contribution in [-0.4, -0.2) is 14.4 Å². The molecule has 0 spiro atoms. The molecule has 0 aromatic heterocycles. The van der Waals surface area contributed by atoms with Gasteiger partial charge in [-0.05, 0) is 36.5 Å². The van der Waals surface area contributed by atoms with Crippen LogP contribution in [0.4, 0.5) is 0 Å². The Kier molecular flexibility index (Phi) is 4.55. The molecule has 0 radical (unpaired) electrons. The third kappa shape index (κ3) is 3.61. The quantitative estimate of drug-likeness (QED) is 0.535. The van der Waals surface area contributed by atoms with Gasteiger partial charge in [0.15, 0.2) is 8.32 Å². The van der Waals surface area contributed by atoms with E-state index in [-0.39, 0.29) is 5.04 Å². The molecule has 1 nitrogen and oxygen atoms in total. The largest absolute Gasteiger partial charge is 0.413 e. The highest BCUT2D eigenvalue weighted by Crippen LogP contribution is 2.39. The molecular formula is C18H28OSi. The molecule has 0 bridgehead atoms. The van der Waals surface area contributed by atoms with Crippen LogP contribution in [0.2, 0.25) is 18.1 Å². The van der Waals surface area contributed by atoms with Crippen molar-refractivity contribution in [1.29, 1.82) is 0 Å². The van der Waals surface area contributed by atoms with E-state index in [1.165, 1.54) is 12.0 Å². The zero-order valence-corrected chi connectivity index (χ0v) is 14.5. The van der Waals surface area contributed by atoms with Crippen LogP contribution in [0.25, 0.3) is 0 Å². The summed E-state index contributed by atoms with van der Waals surface area (Å²) < 4.78 is 6.70. The van der Waals surface area contributed by atoms with Gasteiger partial charge in [0.2, 0.25) is 0 Å². The highest BCUT2D eigenvalue weighted by Gasteiger charge is 2.40. The lowest BCUT2D eigenvalue weighted by Gasteiger charge is -2.42. The van der Waals surface area contributed by atoms with Gasteiger partial charge in [-0.3, -0.25) is 0 Å². The Morgan fingerprint density at radius 1 is 1.20 bits per heavy atom. The predicted molar refractivity (Wildman–Crippen MR) is 89.5 cm³/mol. The Balaban J connectivity index is 2.11. The van der Waals surface area contributed by atoms with Crippen molar-refractivity contribution in [2.45, 2.75) is 57.8 Å². The Hall–Kier alpha value is -0.863. The summed E-state index contributed by atoms with van der Waals surface area (Å²) in [6, 6.07) is 10.7. The number of allylic oxidation sites excluding steroid dienone is 1. The third-order valence-electron chi connectivity index (χ3n) is 4.80. The molecule has 1 aromatic carbocycles. The van der Waals surface area contributed by atoms with Gasteiger partial charge in [-0.25, -0.2) is 0 Å². The Morgan fingerprint density at radius 3 is 2.25 bits per heavy atom. The van der Waals surface area contributed by atoms with Crippen LogP contribution in [0.3, 0.4) is 0 Å². The van der Waals surface area contributed by atoms with E-state index in [0.29, 0.717) is 12.0 Å². The van der Waals surface area contributed by atoms with Crippen LogP contribution in [0, 0.1) is 5.92 Å². The Labute approximate surface area is 125 Å². The molecule has 0 fully saturated rings. The van der Waals surface area contributed by atoms with Crippen molar-refractivity contribution in [1.82, 2.24) is 0 Å². The SMILES string of the molecule is CC(C)(C)[Si](C)(C)O[C@@H](Cc1ccccc1)[C@@H]1C=CC1. The Bertz CT molecular complexity index is 456. The van der Waals surface area contributed by atoms with E-state index in [0.717, 1.165) is 6.42 Å².